The molecule has 0 unspecified atom stereocenters. The number of thiophene rings is 1. The lowest BCUT2D eigenvalue weighted by atomic mass is 9.85. The van der Waals surface area contributed by atoms with Crippen LogP contribution in [0.2, 0.25) is 0 Å². The van der Waals surface area contributed by atoms with Crippen molar-refractivity contribution in [3.63, 3.8) is 0 Å². The lowest BCUT2D eigenvalue weighted by Crippen LogP contribution is -1.91. The third-order valence-electron chi connectivity index (χ3n) is 8.63. The maximum atomic E-state index is 2.35. The van der Waals surface area contributed by atoms with Crippen LogP contribution in [-0.4, -0.2) is 0 Å². The van der Waals surface area contributed by atoms with Crippen molar-refractivity contribution in [1.82, 2.24) is 0 Å². The fourth-order valence-electron chi connectivity index (χ4n) is 6.84. The molecule has 1 heterocycles. The van der Waals surface area contributed by atoms with E-state index in [0.717, 1.165) is 0 Å². The monoisotopic (exact) mass is 536 g/mol. The van der Waals surface area contributed by atoms with Crippen LogP contribution < -0.4 is 0 Å². The van der Waals surface area contributed by atoms with Gasteiger partial charge in [0, 0.05) is 25.7 Å². The van der Waals surface area contributed by atoms with Gasteiger partial charge < -0.3 is 0 Å². The molecule has 0 N–H and O–H groups in total. The topological polar surface area (TPSA) is 0 Å². The minimum atomic E-state index is 1.26. The fraction of sp³-hybridized carbons (Fsp3) is 0. The van der Waals surface area contributed by atoms with Crippen LogP contribution >= 0.6 is 11.3 Å². The second-order valence-electron chi connectivity index (χ2n) is 10.8. The molecular weight excluding hydrogens is 513 g/mol. The van der Waals surface area contributed by atoms with Crippen molar-refractivity contribution < 1.29 is 0 Å². The Bertz CT molecular complexity index is 2420. The Morgan fingerprint density at radius 3 is 1.66 bits per heavy atom. The van der Waals surface area contributed by atoms with Crippen molar-refractivity contribution in [2.45, 2.75) is 0 Å². The summed E-state index contributed by atoms with van der Waals surface area (Å²) in [5.41, 5.74) is 5.20. The maximum absolute atomic E-state index is 2.35. The Kier molecular flexibility index (Phi) is 4.87. The van der Waals surface area contributed by atoms with Gasteiger partial charge in [0.1, 0.15) is 0 Å². The van der Waals surface area contributed by atoms with E-state index in [9.17, 15) is 0 Å². The van der Waals surface area contributed by atoms with Gasteiger partial charge in [-0.2, -0.15) is 0 Å². The average Bonchev–Trinajstić information content (AvgIpc) is 3.43. The van der Waals surface area contributed by atoms with Gasteiger partial charge in [0.25, 0.3) is 0 Å². The van der Waals surface area contributed by atoms with Crippen molar-refractivity contribution in [2.24, 2.45) is 0 Å². The molecular formula is C40H24S. The van der Waals surface area contributed by atoms with Gasteiger partial charge >= 0.3 is 0 Å². The first kappa shape index (κ1) is 22.8. The van der Waals surface area contributed by atoms with Crippen LogP contribution in [0.3, 0.4) is 0 Å². The van der Waals surface area contributed by atoms with E-state index in [2.05, 4.69) is 146 Å². The molecule has 0 bridgehead atoms. The van der Waals surface area contributed by atoms with Gasteiger partial charge in [0.05, 0.1) is 0 Å². The third-order valence-corrected chi connectivity index (χ3v) is 9.83. The number of hydrogen-bond donors (Lipinski definition) is 0. The van der Waals surface area contributed by atoms with Crippen LogP contribution in [0.4, 0.5) is 0 Å². The quantitative estimate of drug-likeness (QED) is 0.193. The molecule has 0 fully saturated rings. The standard InChI is InChI=1S/C40H24S/c1-2-12-27-24-28(21-20-25(27)10-1)37-30-14-5-7-16-32(30)38(33-17-8-6-15-31(33)37)34-18-9-19-35-39-29-13-4-3-11-26(29)22-23-36(39)41-40(34)35/h1-24H. The molecule has 9 aromatic rings. The molecule has 9 rings (SSSR count). The van der Waals surface area contributed by atoms with Crippen molar-refractivity contribution in [3.8, 4) is 22.3 Å². The highest BCUT2D eigenvalue weighted by Gasteiger charge is 2.20. The van der Waals surface area contributed by atoms with Gasteiger partial charge in [-0.15, -0.1) is 11.3 Å². The van der Waals surface area contributed by atoms with Crippen LogP contribution in [0, 0.1) is 0 Å². The van der Waals surface area contributed by atoms with E-state index in [1.54, 1.807) is 0 Å². The molecule has 1 aromatic heterocycles. The van der Waals surface area contributed by atoms with Gasteiger partial charge in [0.15, 0.2) is 0 Å². The third kappa shape index (κ3) is 3.33. The SMILES string of the molecule is c1ccc2cc(-c3c4ccccc4c(-c4cccc5c4sc4ccc6ccccc6c45)c4ccccc34)ccc2c1. The predicted octanol–water partition coefficient (Wildman–Crippen LogP) is 12.0. The van der Waals surface area contributed by atoms with Crippen LogP contribution in [0.25, 0.3) is 85.5 Å². The smallest absolute Gasteiger partial charge is 0.0434 e. The molecule has 0 amide bonds. The Morgan fingerprint density at radius 2 is 0.927 bits per heavy atom. The Hall–Kier alpha value is -4.98. The molecule has 0 aliphatic rings. The summed E-state index contributed by atoms with van der Waals surface area (Å²) < 4.78 is 2.69. The number of hydrogen-bond acceptors (Lipinski definition) is 1. The summed E-state index contributed by atoms with van der Waals surface area (Å²) in [4.78, 5) is 0. The van der Waals surface area contributed by atoms with Crippen molar-refractivity contribution >= 4 is 74.6 Å². The van der Waals surface area contributed by atoms with Gasteiger partial charge in [0.2, 0.25) is 0 Å². The summed E-state index contributed by atoms with van der Waals surface area (Å²) >= 11 is 1.92. The maximum Gasteiger partial charge on any atom is 0.0434 e. The Morgan fingerprint density at radius 1 is 0.366 bits per heavy atom. The van der Waals surface area contributed by atoms with Gasteiger partial charge in [-0.3, -0.25) is 0 Å². The second-order valence-corrected chi connectivity index (χ2v) is 11.9. The molecule has 0 spiro atoms. The molecule has 41 heavy (non-hydrogen) atoms. The lowest BCUT2D eigenvalue weighted by Gasteiger charge is -2.18. The second kappa shape index (κ2) is 8.76. The van der Waals surface area contributed by atoms with Crippen LogP contribution in [0.1, 0.15) is 0 Å². The molecule has 0 aliphatic carbocycles. The minimum absolute atomic E-state index is 1.26. The minimum Gasteiger partial charge on any atom is -0.135 e. The van der Waals surface area contributed by atoms with E-state index in [4.69, 9.17) is 0 Å². The van der Waals surface area contributed by atoms with Crippen molar-refractivity contribution in [2.75, 3.05) is 0 Å². The van der Waals surface area contributed by atoms with E-state index in [1.807, 2.05) is 11.3 Å². The van der Waals surface area contributed by atoms with E-state index >= 15 is 0 Å². The summed E-state index contributed by atoms with van der Waals surface area (Å²) in [6, 6.07) is 53.7. The van der Waals surface area contributed by atoms with Crippen molar-refractivity contribution in [3.05, 3.63) is 146 Å². The fourth-order valence-corrected chi connectivity index (χ4v) is 8.08. The highest BCUT2D eigenvalue weighted by molar-refractivity contribution is 7.26. The van der Waals surface area contributed by atoms with Crippen LogP contribution in [0.15, 0.2) is 146 Å². The molecule has 0 nitrogen and oxygen atoms in total. The summed E-state index contributed by atoms with van der Waals surface area (Å²) in [6.45, 7) is 0. The summed E-state index contributed by atoms with van der Waals surface area (Å²) in [6.07, 6.45) is 0. The van der Waals surface area contributed by atoms with Crippen LogP contribution in [-0.2, 0) is 0 Å². The highest BCUT2D eigenvalue weighted by atomic mass is 32.1. The van der Waals surface area contributed by atoms with Gasteiger partial charge in [-0.25, -0.2) is 0 Å². The van der Waals surface area contributed by atoms with E-state index in [-0.39, 0.29) is 0 Å². The number of benzene rings is 8. The molecule has 0 saturated carbocycles. The molecule has 0 saturated heterocycles. The molecule has 8 aromatic carbocycles. The number of rotatable bonds is 2. The molecule has 0 atom stereocenters. The highest BCUT2D eigenvalue weighted by Crippen LogP contribution is 2.48. The molecule has 0 aliphatic heterocycles. The molecule has 1 heteroatoms. The predicted molar refractivity (Wildman–Crippen MR) is 180 cm³/mol. The first-order valence-electron chi connectivity index (χ1n) is 14.1. The molecule has 190 valence electrons. The van der Waals surface area contributed by atoms with E-state index in [0.29, 0.717) is 0 Å². The Labute approximate surface area is 241 Å². The number of fused-ring (bicyclic) bond motifs is 8. The zero-order valence-corrected chi connectivity index (χ0v) is 23.1. The lowest BCUT2D eigenvalue weighted by molar-refractivity contribution is 1.69. The Balaban J connectivity index is 1.42. The van der Waals surface area contributed by atoms with Crippen LogP contribution in [0.5, 0.6) is 0 Å². The first-order valence-corrected chi connectivity index (χ1v) is 14.9. The van der Waals surface area contributed by atoms with Gasteiger partial charge in [-0.1, -0.05) is 133 Å². The van der Waals surface area contributed by atoms with Gasteiger partial charge in [-0.05, 0) is 71.9 Å². The van der Waals surface area contributed by atoms with Crippen molar-refractivity contribution in [1.29, 1.82) is 0 Å². The largest absolute Gasteiger partial charge is 0.135 e. The first-order chi connectivity index (χ1) is 20.3. The normalized spacial score (nSPS) is 11.9. The molecule has 0 radical (unpaired) electrons. The summed E-state index contributed by atoms with van der Waals surface area (Å²) in [5.74, 6) is 0. The van der Waals surface area contributed by atoms with E-state index in [1.165, 1.54) is 85.5 Å². The zero-order valence-electron chi connectivity index (χ0n) is 22.3. The summed E-state index contributed by atoms with van der Waals surface area (Å²) in [7, 11) is 0. The average molecular weight is 537 g/mol. The van der Waals surface area contributed by atoms with E-state index < -0.39 is 0 Å². The summed E-state index contributed by atoms with van der Waals surface area (Å²) in [5, 5.41) is 13.0. The zero-order chi connectivity index (χ0) is 26.9.